The Hall–Kier alpha value is -3.23. The number of carbonyl (C=O) groups is 2. The highest BCUT2D eigenvalue weighted by Gasteiger charge is 2.34. The molecule has 3 aromatic rings. The number of amides is 2. The molecule has 8 heteroatoms. The number of ether oxygens (including phenoxy) is 3. The third kappa shape index (κ3) is 6.01. The maximum atomic E-state index is 12.7. The van der Waals surface area contributed by atoms with E-state index in [4.69, 9.17) is 14.2 Å². The van der Waals surface area contributed by atoms with Crippen LogP contribution in [-0.4, -0.2) is 36.3 Å². The number of imide groups is 1. The molecule has 0 unspecified atom stereocenters. The van der Waals surface area contributed by atoms with Gasteiger partial charge in [0.05, 0.1) is 18.6 Å². The Balaban J connectivity index is 1.32. The van der Waals surface area contributed by atoms with Crippen LogP contribution >= 0.6 is 27.7 Å². The van der Waals surface area contributed by atoms with Crippen molar-refractivity contribution in [1.82, 2.24) is 4.90 Å². The van der Waals surface area contributed by atoms with Crippen LogP contribution in [0.4, 0.5) is 4.79 Å². The predicted octanol–water partition coefficient (Wildman–Crippen LogP) is 6.15. The van der Waals surface area contributed by atoms with E-state index in [1.807, 2.05) is 60.7 Å². The van der Waals surface area contributed by atoms with Crippen molar-refractivity contribution >= 4 is 44.9 Å². The van der Waals surface area contributed by atoms with Crippen molar-refractivity contribution in [2.45, 2.75) is 6.61 Å². The fraction of sp³-hybridized carbons (Fsp3) is 0.154. The van der Waals surface area contributed by atoms with Gasteiger partial charge >= 0.3 is 0 Å². The number of para-hydroxylation sites is 2. The Bertz CT molecular complexity index is 1190. The van der Waals surface area contributed by atoms with Gasteiger partial charge in [-0.3, -0.25) is 14.5 Å². The van der Waals surface area contributed by atoms with Crippen LogP contribution in [0, 0.1) is 0 Å². The molecule has 0 bridgehead atoms. The Morgan fingerprint density at radius 1 is 0.912 bits per heavy atom. The van der Waals surface area contributed by atoms with E-state index in [9.17, 15) is 9.59 Å². The number of hydrogen-bond donors (Lipinski definition) is 0. The van der Waals surface area contributed by atoms with Gasteiger partial charge in [0.2, 0.25) is 0 Å². The van der Waals surface area contributed by atoms with Gasteiger partial charge in [-0.15, -0.1) is 0 Å². The zero-order chi connectivity index (χ0) is 23.9. The van der Waals surface area contributed by atoms with Gasteiger partial charge in [-0.05, 0) is 65.4 Å². The van der Waals surface area contributed by atoms with Crippen molar-refractivity contribution in [2.75, 3.05) is 20.3 Å². The second-order valence-corrected chi connectivity index (χ2v) is 9.23. The average Bonchev–Trinajstić information content (AvgIpc) is 3.12. The lowest BCUT2D eigenvalue weighted by atomic mass is 10.2. The molecule has 0 atom stereocenters. The maximum absolute atomic E-state index is 12.7. The molecule has 0 aromatic heterocycles. The zero-order valence-corrected chi connectivity index (χ0v) is 20.8. The number of benzene rings is 3. The van der Waals surface area contributed by atoms with E-state index in [0.29, 0.717) is 23.0 Å². The van der Waals surface area contributed by atoms with Crippen molar-refractivity contribution in [3.63, 3.8) is 0 Å². The third-order valence-corrected chi connectivity index (χ3v) is 6.45. The van der Waals surface area contributed by atoms with E-state index in [2.05, 4.69) is 15.9 Å². The molecule has 0 aliphatic carbocycles. The number of carbonyl (C=O) groups excluding carboxylic acids is 2. The lowest BCUT2D eigenvalue weighted by molar-refractivity contribution is -0.123. The molecule has 6 nitrogen and oxygen atoms in total. The quantitative estimate of drug-likeness (QED) is 0.304. The average molecular weight is 540 g/mol. The summed E-state index contributed by atoms with van der Waals surface area (Å²) in [5.41, 5.74) is 1.88. The van der Waals surface area contributed by atoms with E-state index in [1.54, 1.807) is 25.3 Å². The van der Waals surface area contributed by atoms with Crippen LogP contribution in [0.25, 0.3) is 6.08 Å². The number of thioether (sulfide) groups is 1. The maximum Gasteiger partial charge on any atom is 0.293 e. The summed E-state index contributed by atoms with van der Waals surface area (Å²) in [5.74, 6) is 1.56. The second-order valence-electron chi connectivity index (χ2n) is 7.32. The van der Waals surface area contributed by atoms with Crippen LogP contribution in [0.15, 0.2) is 82.2 Å². The van der Waals surface area contributed by atoms with Crippen LogP contribution < -0.4 is 14.2 Å². The summed E-state index contributed by atoms with van der Waals surface area (Å²) in [4.78, 5) is 26.7. The number of nitrogens with zero attached hydrogens (tertiary/aromatic N) is 1. The Labute approximate surface area is 210 Å². The van der Waals surface area contributed by atoms with Gasteiger partial charge in [-0.2, -0.15) is 0 Å². The van der Waals surface area contributed by atoms with Gasteiger partial charge in [0.1, 0.15) is 19.0 Å². The first kappa shape index (κ1) is 23.9. The van der Waals surface area contributed by atoms with E-state index >= 15 is 0 Å². The van der Waals surface area contributed by atoms with Crippen LogP contribution in [0.5, 0.6) is 17.2 Å². The number of methoxy groups -OCH3 is 1. The molecule has 0 radical (unpaired) electrons. The predicted molar refractivity (Wildman–Crippen MR) is 136 cm³/mol. The molecule has 0 spiro atoms. The third-order valence-electron chi connectivity index (χ3n) is 5.01. The highest BCUT2D eigenvalue weighted by molar-refractivity contribution is 9.10. The molecule has 1 saturated heterocycles. The Kier molecular flexibility index (Phi) is 7.92. The van der Waals surface area contributed by atoms with E-state index in [1.165, 1.54) is 4.90 Å². The summed E-state index contributed by atoms with van der Waals surface area (Å²) in [6, 6.07) is 22.6. The first-order valence-electron chi connectivity index (χ1n) is 10.5. The molecule has 0 N–H and O–H groups in total. The minimum absolute atomic E-state index is 0.156. The molecule has 1 aliphatic rings. The minimum Gasteiger partial charge on any atom is -0.493 e. The van der Waals surface area contributed by atoms with Crippen LogP contribution in [-0.2, 0) is 11.4 Å². The molecule has 174 valence electrons. The monoisotopic (exact) mass is 539 g/mol. The van der Waals surface area contributed by atoms with Crippen LogP contribution in [0.2, 0.25) is 0 Å². The molecule has 2 amide bonds. The largest absolute Gasteiger partial charge is 0.493 e. The van der Waals surface area contributed by atoms with E-state index in [-0.39, 0.29) is 24.3 Å². The molecule has 1 aliphatic heterocycles. The molecule has 1 fully saturated rings. The molecular weight excluding hydrogens is 518 g/mol. The van der Waals surface area contributed by atoms with Gasteiger partial charge in [0.15, 0.2) is 11.5 Å². The summed E-state index contributed by atoms with van der Waals surface area (Å²) in [7, 11) is 1.56. The molecule has 4 rings (SSSR count). The summed E-state index contributed by atoms with van der Waals surface area (Å²) in [6.07, 6.45) is 1.71. The first-order chi connectivity index (χ1) is 16.5. The highest BCUT2D eigenvalue weighted by Crippen LogP contribution is 2.32. The number of rotatable bonds is 9. The molecule has 3 aromatic carbocycles. The zero-order valence-electron chi connectivity index (χ0n) is 18.4. The van der Waals surface area contributed by atoms with Gasteiger partial charge in [-0.25, -0.2) is 0 Å². The standard InChI is InChI=1S/C26H22BrNO5S/c1-31-22-4-2-3-5-23(22)32-15-14-28-25(29)24(34-26(28)30)16-18-8-12-21(13-9-18)33-17-19-6-10-20(27)11-7-19/h2-13,16H,14-15,17H2,1H3/b24-16-. The van der Waals surface area contributed by atoms with Crippen molar-refractivity contribution in [3.05, 3.63) is 93.3 Å². The van der Waals surface area contributed by atoms with Crippen molar-refractivity contribution in [3.8, 4) is 17.2 Å². The van der Waals surface area contributed by atoms with Gasteiger partial charge < -0.3 is 14.2 Å². The lowest BCUT2D eigenvalue weighted by Gasteiger charge is -2.14. The van der Waals surface area contributed by atoms with Crippen molar-refractivity contribution in [2.24, 2.45) is 0 Å². The minimum atomic E-state index is -0.325. The second kappa shape index (κ2) is 11.3. The highest BCUT2D eigenvalue weighted by atomic mass is 79.9. The van der Waals surface area contributed by atoms with Gasteiger partial charge in [0, 0.05) is 4.47 Å². The summed E-state index contributed by atoms with van der Waals surface area (Å²) in [5, 5.41) is -0.311. The lowest BCUT2D eigenvalue weighted by Crippen LogP contribution is -2.32. The normalized spacial score (nSPS) is 14.5. The smallest absolute Gasteiger partial charge is 0.293 e. The van der Waals surface area contributed by atoms with Gasteiger partial charge in [-0.1, -0.05) is 52.3 Å². The summed E-state index contributed by atoms with van der Waals surface area (Å²) in [6.45, 7) is 0.793. The number of halogens is 1. The fourth-order valence-corrected chi connectivity index (χ4v) is 4.37. The molecular formula is C26H22BrNO5S. The van der Waals surface area contributed by atoms with Gasteiger partial charge in [0.25, 0.3) is 11.1 Å². The topological polar surface area (TPSA) is 65.1 Å². The Morgan fingerprint density at radius 3 is 2.32 bits per heavy atom. The van der Waals surface area contributed by atoms with E-state index < -0.39 is 0 Å². The van der Waals surface area contributed by atoms with Crippen LogP contribution in [0.3, 0.4) is 0 Å². The van der Waals surface area contributed by atoms with Crippen molar-refractivity contribution < 1.29 is 23.8 Å². The molecule has 1 heterocycles. The summed E-state index contributed by atoms with van der Waals surface area (Å²) < 4.78 is 17.8. The van der Waals surface area contributed by atoms with Crippen molar-refractivity contribution in [1.29, 1.82) is 0 Å². The fourth-order valence-electron chi connectivity index (χ4n) is 3.24. The van der Waals surface area contributed by atoms with E-state index in [0.717, 1.165) is 33.1 Å². The van der Waals surface area contributed by atoms with Crippen LogP contribution in [0.1, 0.15) is 11.1 Å². The molecule has 0 saturated carbocycles. The summed E-state index contributed by atoms with van der Waals surface area (Å²) >= 11 is 4.34. The number of hydrogen-bond acceptors (Lipinski definition) is 6. The Morgan fingerprint density at radius 2 is 1.62 bits per heavy atom. The molecule has 34 heavy (non-hydrogen) atoms. The first-order valence-corrected chi connectivity index (χ1v) is 12.1. The SMILES string of the molecule is COc1ccccc1OCCN1C(=O)S/C(=C\c2ccc(OCc3ccc(Br)cc3)cc2)C1=O.